The van der Waals surface area contributed by atoms with Gasteiger partial charge in [0.2, 0.25) is 0 Å². The molecule has 2 rings (SSSR count). The predicted molar refractivity (Wildman–Crippen MR) is 79.2 cm³/mol. The molecule has 2 aromatic heterocycles. The van der Waals surface area contributed by atoms with Crippen molar-refractivity contribution in [1.29, 1.82) is 0 Å². The zero-order valence-corrected chi connectivity index (χ0v) is 12.1. The van der Waals surface area contributed by atoms with Crippen molar-refractivity contribution < 1.29 is 0 Å². The molecule has 0 aromatic carbocycles. The molecule has 0 radical (unpaired) electrons. The van der Waals surface area contributed by atoms with E-state index < -0.39 is 0 Å². The third-order valence-corrected chi connectivity index (χ3v) is 3.55. The van der Waals surface area contributed by atoms with Gasteiger partial charge >= 0.3 is 0 Å². The van der Waals surface area contributed by atoms with Crippen LogP contribution in [0.4, 0.5) is 0 Å². The lowest BCUT2D eigenvalue weighted by atomic mass is 10.4. The molecule has 5 nitrogen and oxygen atoms in total. The fraction of sp³-hybridized carbons (Fsp3) is 0.385. The number of thiophene rings is 1. The maximum absolute atomic E-state index is 4.55. The van der Waals surface area contributed by atoms with E-state index in [0.717, 1.165) is 24.7 Å². The third kappa shape index (κ3) is 4.10. The molecule has 0 spiro atoms. The minimum Gasteiger partial charge on any atom is -0.357 e. The van der Waals surface area contributed by atoms with Gasteiger partial charge in [0.25, 0.3) is 0 Å². The fourth-order valence-electron chi connectivity index (χ4n) is 1.64. The quantitative estimate of drug-likeness (QED) is 0.646. The molecule has 19 heavy (non-hydrogen) atoms. The summed E-state index contributed by atoms with van der Waals surface area (Å²) in [6, 6.07) is 6.15. The molecule has 2 heterocycles. The molecule has 102 valence electrons. The molecule has 0 atom stereocenters. The van der Waals surface area contributed by atoms with Crippen LogP contribution < -0.4 is 10.6 Å². The molecule has 0 aliphatic rings. The first-order valence-electron chi connectivity index (χ1n) is 6.31. The first-order chi connectivity index (χ1) is 9.29. The third-order valence-electron chi connectivity index (χ3n) is 2.68. The van der Waals surface area contributed by atoms with Crippen molar-refractivity contribution in [2.24, 2.45) is 12.0 Å². The van der Waals surface area contributed by atoms with E-state index in [-0.39, 0.29) is 0 Å². The topological polar surface area (TPSA) is 54.2 Å². The van der Waals surface area contributed by atoms with Crippen molar-refractivity contribution in [1.82, 2.24) is 20.4 Å². The summed E-state index contributed by atoms with van der Waals surface area (Å²) in [7, 11) is 1.93. The lowest BCUT2D eigenvalue weighted by Crippen LogP contribution is -2.36. The second kappa shape index (κ2) is 6.94. The average Bonchev–Trinajstić information content (AvgIpc) is 3.04. The molecule has 0 unspecified atom stereocenters. The average molecular weight is 277 g/mol. The zero-order valence-electron chi connectivity index (χ0n) is 11.3. The zero-order chi connectivity index (χ0) is 13.5. The van der Waals surface area contributed by atoms with E-state index in [2.05, 4.69) is 45.2 Å². The highest BCUT2D eigenvalue weighted by molar-refractivity contribution is 7.09. The van der Waals surface area contributed by atoms with Crippen LogP contribution in [0.15, 0.2) is 34.8 Å². The molecule has 0 fully saturated rings. The number of rotatable bonds is 5. The molecule has 0 saturated heterocycles. The Morgan fingerprint density at radius 1 is 1.42 bits per heavy atom. The summed E-state index contributed by atoms with van der Waals surface area (Å²) in [4.78, 5) is 5.85. The van der Waals surface area contributed by atoms with Gasteiger partial charge in [0, 0.05) is 24.7 Å². The van der Waals surface area contributed by atoms with Gasteiger partial charge in [-0.2, -0.15) is 5.10 Å². The molecular formula is C13H19N5S. The highest BCUT2D eigenvalue weighted by atomic mass is 32.1. The molecule has 0 aliphatic heterocycles. The summed E-state index contributed by atoms with van der Waals surface area (Å²) >= 11 is 1.74. The Labute approximate surface area is 117 Å². The Balaban J connectivity index is 1.93. The van der Waals surface area contributed by atoms with Gasteiger partial charge in [0.15, 0.2) is 5.96 Å². The number of aliphatic imine (C=N–C) groups is 1. The smallest absolute Gasteiger partial charge is 0.191 e. The van der Waals surface area contributed by atoms with Crippen molar-refractivity contribution in [2.45, 2.75) is 20.0 Å². The minimum absolute atomic E-state index is 0.621. The van der Waals surface area contributed by atoms with Crippen LogP contribution in [0.25, 0.3) is 0 Å². The van der Waals surface area contributed by atoms with Gasteiger partial charge in [-0.25, -0.2) is 4.99 Å². The molecular weight excluding hydrogens is 258 g/mol. The standard InChI is InChI=1S/C13H19N5S/c1-3-14-13(16-10-12-5-4-8-19-12)15-9-11-6-7-17-18(11)2/h4-8H,3,9-10H2,1-2H3,(H2,14,15,16). The van der Waals surface area contributed by atoms with E-state index in [1.165, 1.54) is 4.88 Å². The van der Waals surface area contributed by atoms with Crippen molar-refractivity contribution in [3.8, 4) is 0 Å². The van der Waals surface area contributed by atoms with Crippen LogP contribution in [-0.4, -0.2) is 22.3 Å². The van der Waals surface area contributed by atoms with Gasteiger partial charge in [-0.3, -0.25) is 4.68 Å². The Morgan fingerprint density at radius 3 is 2.95 bits per heavy atom. The highest BCUT2D eigenvalue weighted by Crippen LogP contribution is 2.07. The van der Waals surface area contributed by atoms with E-state index in [1.54, 1.807) is 17.5 Å². The Hall–Kier alpha value is -1.82. The van der Waals surface area contributed by atoms with Gasteiger partial charge in [-0.15, -0.1) is 11.3 Å². The summed E-state index contributed by atoms with van der Waals surface area (Å²) in [5.74, 6) is 0.831. The maximum Gasteiger partial charge on any atom is 0.191 e. The van der Waals surface area contributed by atoms with Crippen molar-refractivity contribution >= 4 is 17.3 Å². The lowest BCUT2D eigenvalue weighted by Gasteiger charge is -2.10. The van der Waals surface area contributed by atoms with Crippen LogP contribution in [0, 0.1) is 0 Å². The van der Waals surface area contributed by atoms with Gasteiger partial charge in [-0.05, 0) is 24.4 Å². The maximum atomic E-state index is 4.55. The van der Waals surface area contributed by atoms with E-state index >= 15 is 0 Å². The van der Waals surface area contributed by atoms with Crippen LogP contribution in [0.1, 0.15) is 17.5 Å². The molecule has 0 amide bonds. The molecule has 0 saturated carbocycles. The van der Waals surface area contributed by atoms with Crippen LogP contribution >= 0.6 is 11.3 Å². The van der Waals surface area contributed by atoms with Gasteiger partial charge in [0.1, 0.15) is 0 Å². The van der Waals surface area contributed by atoms with Crippen molar-refractivity contribution in [3.05, 3.63) is 40.3 Å². The number of aromatic nitrogens is 2. The largest absolute Gasteiger partial charge is 0.357 e. The van der Waals surface area contributed by atoms with E-state index in [4.69, 9.17) is 0 Å². The predicted octanol–water partition coefficient (Wildman–Crippen LogP) is 1.74. The van der Waals surface area contributed by atoms with Gasteiger partial charge in [0.05, 0.1) is 18.8 Å². The van der Waals surface area contributed by atoms with Gasteiger partial charge < -0.3 is 10.6 Å². The number of aryl methyl sites for hydroxylation is 1. The summed E-state index contributed by atoms with van der Waals surface area (Å²) in [5, 5.41) is 12.8. The Bertz CT molecular complexity index is 515. The number of nitrogens with one attached hydrogen (secondary N) is 2. The van der Waals surface area contributed by atoms with Crippen LogP contribution in [0.3, 0.4) is 0 Å². The van der Waals surface area contributed by atoms with Crippen LogP contribution in [0.5, 0.6) is 0 Å². The summed E-state index contributed by atoms with van der Waals surface area (Å²) < 4.78 is 1.84. The molecule has 2 aromatic rings. The molecule has 6 heteroatoms. The van der Waals surface area contributed by atoms with Crippen LogP contribution in [-0.2, 0) is 20.1 Å². The van der Waals surface area contributed by atoms with E-state index in [0.29, 0.717) is 6.54 Å². The monoisotopic (exact) mass is 277 g/mol. The highest BCUT2D eigenvalue weighted by Gasteiger charge is 2.01. The first kappa shape index (κ1) is 13.6. The molecule has 2 N–H and O–H groups in total. The second-order valence-electron chi connectivity index (χ2n) is 4.07. The number of guanidine groups is 1. The lowest BCUT2D eigenvalue weighted by molar-refractivity contribution is 0.707. The summed E-state index contributed by atoms with van der Waals surface area (Å²) in [6.07, 6.45) is 1.79. The molecule has 0 bridgehead atoms. The fourth-order valence-corrected chi connectivity index (χ4v) is 2.29. The summed E-state index contributed by atoms with van der Waals surface area (Å²) in [6.45, 7) is 4.33. The number of nitrogens with zero attached hydrogens (tertiary/aromatic N) is 3. The van der Waals surface area contributed by atoms with Gasteiger partial charge in [-0.1, -0.05) is 6.07 Å². The van der Waals surface area contributed by atoms with E-state index in [1.807, 2.05) is 17.8 Å². The second-order valence-corrected chi connectivity index (χ2v) is 5.11. The van der Waals surface area contributed by atoms with E-state index in [9.17, 15) is 0 Å². The number of hydrogen-bond acceptors (Lipinski definition) is 3. The number of hydrogen-bond donors (Lipinski definition) is 2. The Kier molecular flexibility index (Phi) is 4.97. The minimum atomic E-state index is 0.621. The Morgan fingerprint density at radius 2 is 2.32 bits per heavy atom. The summed E-state index contributed by atoms with van der Waals surface area (Å²) in [5.41, 5.74) is 1.09. The normalized spacial score (nSPS) is 11.6. The molecule has 0 aliphatic carbocycles. The van der Waals surface area contributed by atoms with Crippen molar-refractivity contribution in [2.75, 3.05) is 6.54 Å². The van der Waals surface area contributed by atoms with Crippen molar-refractivity contribution in [3.63, 3.8) is 0 Å². The first-order valence-corrected chi connectivity index (χ1v) is 7.19. The van der Waals surface area contributed by atoms with Crippen LogP contribution in [0.2, 0.25) is 0 Å². The SMILES string of the molecule is CCNC(=NCc1ccnn1C)NCc1cccs1.